The molecule has 1 aromatic carbocycles. The number of hydrogen-bond donors (Lipinski definition) is 2. The van der Waals surface area contributed by atoms with Crippen molar-refractivity contribution in [3.05, 3.63) is 27.7 Å². The summed E-state index contributed by atoms with van der Waals surface area (Å²) in [5.74, 6) is -0.653. The van der Waals surface area contributed by atoms with Gasteiger partial charge in [-0.3, -0.25) is 4.79 Å². The molecule has 136 valence electrons. The normalized spacial score (nSPS) is 29.1. The van der Waals surface area contributed by atoms with Gasteiger partial charge >= 0.3 is 0 Å². The molecular weight excluding hydrogens is 387 g/mol. The molecule has 3 aliphatic rings. The van der Waals surface area contributed by atoms with Crippen molar-refractivity contribution in [2.45, 2.75) is 43.0 Å². The summed E-state index contributed by atoms with van der Waals surface area (Å²) in [4.78, 5) is 12.5. The third-order valence-corrected chi connectivity index (χ3v) is 8.27. The number of phenolic OH excluding ortho intramolecular Hbond substituents is 1. The fraction of sp³-hybridized carbons (Fsp3) is 0.562. The number of aromatic hydroxyl groups is 1. The zero-order valence-electron chi connectivity index (χ0n) is 13.3. The Morgan fingerprint density at radius 2 is 1.96 bits per heavy atom. The maximum absolute atomic E-state index is 12.5. The molecular formula is C16H18Cl2N2O4S. The molecule has 2 saturated carbocycles. The quantitative estimate of drug-likeness (QED) is 0.806. The number of sulfonamides is 1. The lowest BCUT2D eigenvalue weighted by Crippen LogP contribution is -2.48. The summed E-state index contributed by atoms with van der Waals surface area (Å²) in [6.07, 6.45) is 2.87. The van der Waals surface area contributed by atoms with Gasteiger partial charge in [-0.25, -0.2) is 8.42 Å². The number of rotatable bonds is 4. The molecule has 3 atom stereocenters. The first-order valence-electron chi connectivity index (χ1n) is 8.27. The Kier molecular flexibility index (Phi) is 4.18. The summed E-state index contributed by atoms with van der Waals surface area (Å²) in [6.45, 7) is 0.455. The number of nitrogens with one attached hydrogen (secondary N) is 1. The van der Waals surface area contributed by atoms with Crippen molar-refractivity contribution in [2.24, 2.45) is 5.92 Å². The molecule has 1 saturated heterocycles. The lowest BCUT2D eigenvalue weighted by atomic mass is 10.0. The molecule has 9 heteroatoms. The molecule has 1 aromatic rings. The maximum Gasteiger partial charge on any atom is 0.255 e. The number of nitrogens with zero attached hydrogens (tertiary/aromatic N) is 1. The van der Waals surface area contributed by atoms with Crippen LogP contribution in [0.15, 0.2) is 12.1 Å². The van der Waals surface area contributed by atoms with E-state index in [1.807, 2.05) is 0 Å². The van der Waals surface area contributed by atoms with E-state index in [-0.39, 0.29) is 44.6 Å². The highest BCUT2D eigenvalue weighted by atomic mass is 35.5. The molecule has 2 aliphatic carbocycles. The molecule has 4 rings (SSSR count). The first kappa shape index (κ1) is 17.4. The Morgan fingerprint density at radius 3 is 2.56 bits per heavy atom. The minimum atomic E-state index is -3.17. The van der Waals surface area contributed by atoms with E-state index in [0.29, 0.717) is 13.0 Å². The Balaban J connectivity index is 1.45. The van der Waals surface area contributed by atoms with Crippen LogP contribution in [0.2, 0.25) is 10.0 Å². The van der Waals surface area contributed by atoms with Gasteiger partial charge in [0.1, 0.15) is 5.75 Å². The molecule has 6 nitrogen and oxygen atoms in total. The van der Waals surface area contributed by atoms with E-state index in [0.717, 1.165) is 19.3 Å². The molecule has 2 bridgehead atoms. The van der Waals surface area contributed by atoms with E-state index in [2.05, 4.69) is 5.32 Å². The Hall–Kier alpha value is -1.02. The molecule has 0 spiro atoms. The zero-order valence-corrected chi connectivity index (χ0v) is 15.6. The van der Waals surface area contributed by atoms with Gasteiger partial charge in [0.15, 0.2) is 0 Å². The van der Waals surface area contributed by atoms with Crippen molar-refractivity contribution in [1.29, 1.82) is 0 Å². The zero-order chi connectivity index (χ0) is 17.9. The lowest BCUT2D eigenvalue weighted by Gasteiger charge is -2.31. The summed E-state index contributed by atoms with van der Waals surface area (Å²) >= 11 is 11.8. The average Bonchev–Trinajstić information content (AvgIpc) is 3.23. The van der Waals surface area contributed by atoms with Gasteiger partial charge in [-0.05, 0) is 43.7 Å². The number of carbonyl (C=O) groups excluding carboxylic acids is 1. The second-order valence-corrected chi connectivity index (χ2v) is 10.1. The van der Waals surface area contributed by atoms with Crippen molar-refractivity contribution in [3.63, 3.8) is 0 Å². The molecule has 0 unspecified atom stereocenters. The summed E-state index contributed by atoms with van der Waals surface area (Å²) in [7, 11) is -3.17. The van der Waals surface area contributed by atoms with Crippen LogP contribution in [0.4, 0.5) is 0 Å². The maximum atomic E-state index is 12.5. The van der Waals surface area contributed by atoms with Crippen LogP contribution in [0.3, 0.4) is 0 Å². The molecule has 0 aromatic heterocycles. The van der Waals surface area contributed by atoms with E-state index in [1.54, 1.807) is 4.31 Å². The van der Waals surface area contributed by atoms with Crippen molar-refractivity contribution < 1.29 is 18.3 Å². The fourth-order valence-corrected chi connectivity index (χ4v) is 6.54. The number of phenols is 1. The van der Waals surface area contributed by atoms with E-state index in [1.165, 1.54) is 12.1 Å². The molecule has 0 radical (unpaired) electrons. The van der Waals surface area contributed by atoms with Crippen LogP contribution in [0.5, 0.6) is 5.75 Å². The van der Waals surface area contributed by atoms with Crippen LogP contribution >= 0.6 is 23.2 Å². The topological polar surface area (TPSA) is 86.7 Å². The molecule has 25 heavy (non-hydrogen) atoms. The van der Waals surface area contributed by atoms with E-state index < -0.39 is 15.9 Å². The van der Waals surface area contributed by atoms with Gasteiger partial charge in [0.2, 0.25) is 10.0 Å². The predicted octanol–water partition coefficient (Wildman–Crippen LogP) is 2.38. The van der Waals surface area contributed by atoms with E-state index in [4.69, 9.17) is 23.2 Å². The average molecular weight is 405 g/mol. The summed E-state index contributed by atoms with van der Waals surface area (Å²) < 4.78 is 26.5. The largest absolute Gasteiger partial charge is 0.506 e. The standard InChI is InChI=1S/C16H18Cl2N2O4S/c17-9-4-12(15(21)13(18)5-9)16(22)19-14-6-10-3-8(14)7-20(10)25(23,24)11-1-2-11/h4-5,8,10-11,14,21H,1-3,6-7H2,(H,19,22)/t8-,10-,14-/m1/s1. The second kappa shape index (κ2) is 6.01. The highest BCUT2D eigenvalue weighted by Crippen LogP contribution is 2.43. The molecule has 1 heterocycles. The highest BCUT2D eigenvalue weighted by molar-refractivity contribution is 7.90. The molecule has 3 fully saturated rings. The Bertz CT molecular complexity index is 841. The van der Waals surface area contributed by atoms with Crippen molar-refractivity contribution >= 4 is 39.1 Å². The summed E-state index contributed by atoms with van der Waals surface area (Å²) in [5.41, 5.74) is 0.0303. The number of benzene rings is 1. The van der Waals surface area contributed by atoms with Crippen LogP contribution in [-0.2, 0) is 10.0 Å². The summed E-state index contributed by atoms with van der Waals surface area (Å²) in [5, 5.41) is 13.0. The number of piperidine rings is 1. The Labute approximate surface area is 156 Å². The first-order valence-corrected chi connectivity index (χ1v) is 10.5. The van der Waals surface area contributed by atoms with Gasteiger partial charge in [0.05, 0.1) is 15.8 Å². The molecule has 1 aliphatic heterocycles. The van der Waals surface area contributed by atoms with Gasteiger partial charge in [-0.2, -0.15) is 4.31 Å². The summed E-state index contributed by atoms with van der Waals surface area (Å²) in [6, 6.07) is 2.58. The number of fused-ring (bicyclic) bond motifs is 2. The number of hydrogen-bond acceptors (Lipinski definition) is 4. The first-order chi connectivity index (χ1) is 11.8. The highest BCUT2D eigenvalue weighted by Gasteiger charge is 2.52. The van der Waals surface area contributed by atoms with Crippen molar-refractivity contribution in [3.8, 4) is 5.75 Å². The smallest absolute Gasteiger partial charge is 0.255 e. The van der Waals surface area contributed by atoms with Crippen LogP contribution in [0.25, 0.3) is 0 Å². The monoisotopic (exact) mass is 404 g/mol. The van der Waals surface area contributed by atoms with Crippen LogP contribution in [0, 0.1) is 5.92 Å². The van der Waals surface area contributed by atoms with Gasteiger partial charge in [0.25, 0.3) is 5.91 Å². The van der Waals surface area contributed by atoms with Crippen LogP contribution in [-0.4, -0.2) is 47.6 Å². The number of amides is 1. The van der Waals surface area contributed by atoms with Gasteiger partial charge in [0, 0.05) is 23.7 Å². The van der Waals surface area contributed by atoms with Gasteiger partial charge < -0.3 is 10.4 Å². The number of carbonyl (C=O) groups is 1. The van der Waals surface area contributed by atoms with E-state index in [9.17, 15) is 18.3 Å². The van der Waals surface area contributed by atoms with Gasteiger partial charge in [-0.1, -0.05) is 23.2 Å². The molecule has 1 amide bonds. The Morgan fingerprint density at radius 1 is 1.24 bits per heavy atom. The van der Waals surface area contributed by atoms with Crippen molar-refractivity contribution in [1.82, 2.24) is 9.62 Å². The van der Waals surface area contributed by atoms with E-state index >= 15 is 0 Å². The van der Waals surface area contributed by atoms with Crippen LogP contribution in [0.1, 0.15) is 36.0 Å². The third kappa shape index (κ3) is 3.01. The molecule has 2 N–H and O–H groups in total. The van der Waals surface area contributed by atoms with Crippen molar-refractivity contribution in [2.75, 3.05) is 6.54 Å². The predicted molar refractivity (Wildman–Crippen MR) is 94.5 cm³/mol. The minimum Gasteiger partial charge on any atom is -0.506 e. The minimum absolute atomic E-state index is 0.0206. The fourth-order valence-electron chi connectivity index (χ4n) is 3.94. The van der Waals surface area contributed by atoms with Gasteiger partial charge in [-0.15, -0.1) is 0 Å². The SMILES string of the molecule is O=C(N[C@@H]1C[C@H]2C[C@@H]1CN2S(=O)(=O)C1CC1)c1cc(Cl)cc(Cl)c1O. The number of halogens is 2. The second-order valence-electron chi connectivity index (χ2n) is 7.06. The lowest BCUT2D eigenvalue weighted by molar-refractivity contribution is 0.0917. The van der Waals surface area contributed by atoms with Crippen LogP contribution < -0.4 is 5.32 Å². The third-order valence-electron chi connectivity index (χ3n) is 5.35.